The monoisotopic (exact) mass is 412 g/mol. The van der Waals surface area contributed by atoms with Gasteiger partial charge in [-0.1, -0.05) is 0 Å². The Labute approximate surface area is 138 Å². The second-order valence-electron chi connectivity index (χ2n) is 4.18. The third-order valence-corrected chi connectivity index (χ3v) is 5.11. The molecule has 0 aliphatic heterocycles. The van der Waals surface area contributed by atoms with Crippen LogP contribution in [0.1, 0.15) is 15.9 Å². The number of benzene rings is 1. The third-order valence-electron chi connectivity index (χ3n) is 2.78. The number of hydrogen-bond donors (Lipinski definition) is 0. The lowest BCUT2D eigenvalue weighted by atomic mass is 10.2. The Morgan fingerprint density at radius 3 is 2.50 bits per heavy atom. The molecule has 0 saturated carbocycles. The largest absolute Gasteiger partial charge is 0.367 e. The zero-order valence-electron chi connectivity index (χ0n) is 10.6. The van der Waals surface area contributed by atoms with Gasteiger partial charge in [0.25, 0.3) is 0 Å². The standard InChI is InChI=1S/C14H10Br2N2OS/c1-18(10-4-2-9(7-17)3-5-10)8-12(19)11-6-13(15)20-14(11)16/h2-6H,8H2,1H3. The number of nitriles is 1. The van der Waals surface area contributed by atoms with E-state index in [0.29, 0.717) is 11.1 Å². The quantitative estimate of drug-likeness (QED) is 0.694. The van der Waals surface area contributed by atoms with Crippen molar-refractivity contribution in [1.82, 2.24) is 0 Å². The SMILES string of the molecule is CN(CC(=O)c1cc(Br)sc1Br)c1ccc(C#N)cc1. The highest BCUT2D eigenvalue weighted by molar-refractivity contribution is 9.12. The van der Waals surface area contributed by atoms with Crippen LogP contribution in [0.2, 0.25) is 0 Å². The molecule has 6 heteroatoms. The lowest BCUT2D eigenvalue weighted by molar-refractivity contribution is 0.1000. The smallest absolute Gasteiger partial charge is 0.184 e. The number of carbonyl (C=O) groups is 1. The van der Waals surface area contributed by atoms with E-state index in [0.717, 1.165) is 13.3 Å². The molecule has 1 aromatic heterocycles. The fraction of sp³-hybridized carbons (Fsp3) is 0.143. The minimum Gasteiger partial charge on any atom is -0.367 e. The van der Waals surface area contributed by atoms with Crippen molar-refractivity contribution < 1.29 is 4.79 Å². The topological polar surface area (TPSA) is 44.1 Å². The molecule has 1 aromatic carbocycles. The van der Waals surface area contributed by atoms with Crippen molar-refractivity contribution in [3.8, 4) is 6.07 Å². The first-order valence-electron chi connectivity index (χ1n) is 5.70. The summed E-state index contributed by atoms with van der Waals surface area (Å²) in [4.78, 5) is 14.1. The lowest BCUT2D eigenvalue weighted by Crippen LogP contribution is -2.25. The van der Waals surface area contributed by atoms with E-state index >= 15 is 0 Å². The highest BCUT2D eigenvalue weighted by atomic mass is 79.9. The van der Waals surface area contributed by atoms with E-state index in [4.69, 9.17) is 5.26 Å². The number of nitrogens with zero attached hydrogens (tertiary/aromatic N) is 2. The molecule has 0 aliphatic rings. The van der Waals surface area contributed by atoms with Crippen molar-refractivity contribution in [2.75, 3.05) is 18.5 Å². The van der Waals surface area contributed by atoms with Gasteiger partial charge in [-0.15, -0.1) is 11.3 Å². The summed E-state index contributed by atoms with van der Waals surface area (Å²) in [5, 5.41) is 8.77. The number of carbonyl (C=O) groups excluding carboxylic acids is 1. The molecule has 20 heavy (non-hydrogen) atoms. The maximum Gasteiger partial charge on any atom is 0.184 e. The van der Waals surface area contributed by atoms with Crippen LogP contribution in [0.15, 0.2) is 37.9 Å². The summed E-state index contributed by atoms with van der Waals surface area (Å²) in [6, 6.07) is 11.1. The highest BCUT2D eigenvalue weighted by Gasteiger charge is 2.15. The van der Waals surface area contributed by atoms with E-state index in [9.17, 15) is 4.79 Å². The predicted molar refractivity (Wildman–Crippen MR) is 88.5 cm³/mol. The van der Waals surface area contributed by atoms with Crippen LogP contribution in [0.3, 0.4) is 0 Å². The molecule has 0 unspecified atom stereocenters. The Morgan fingerprint density at radius 2 is 2.00 bits per heavy atom. The van der Waals surface area contributed by atoms with Crippen LogP contribution in [0.4, 0.5) is 5.69 Å². The zero-order valence-corrected chi connectivity index (χ0v) is 14.5. The first kappa shape index (κ1) is 15.2. The molecule has 0 N–H and O–H groups in total. The number of hydrogen-bond acceptors (Lipinski definition) is 4. The van der Waals surface area contributed by atoms with Crippen molar-refractivity contribution >= 4 is 54.7 Å². The Morgan fingerprint density at radius 1 is 1.35 bits per heavy atom. The molecule has 0 aliphatic carbocycles. The van der Waals surface area contributed by atoms with Gasteiger partial charge in [-0.05, 0) is 62.2 Å². The van der Waals surface area contributed by atoms with E-state index in [-0.39, 0.29) is 12.3 Å². The van der Waals surface area contributed by atoms with E-state index in [2.05, 4.69) is 37.9 Å². The fourth-order valence-corrected chi connectivity index (χ4v) is 4.57. The first-order valence-corrected chi connectivity index (χ1v) is 8.11. The summed E-state index contributed by atoms with van der Waals surface area (Å²) >= 11 is 8.25. The van der Waals surface area contributed by atoms with Crippen LogP contribution in [-0.2, 0) is 0 Å². The van der Waals surface area contributed by atoms with Crippen LogP contribution in [-0.4, -0.2) is 19.4 Å². The second kappa shape index (κ2) is 6.53. The van der Waals surface area contributed by atoms with Gasteiger partial charge >= 0.3 is 0 Å². The number of rotatable bonds is 4. The molecule has 1 heterocycles. The van der Waals surface area contributed by atoms with E-state index in [1.54, 1.807) is 12.1 Å². The average molecular weight is 414 g/mol. The van der Waals surface area contributed by atoms with E-state index in [1.807, 2.05) is 30.1 Å². The van der Waals surface area contributed by atoms with Crippen molar-refractivity contribution in [2.24, 2.45) is 0 Å². The van der Waals surface area contributed by atoms with Crippen molar-refractivity contribution in [2.45, 2.75) is 0 Å². The molecule has 0 amide bonds. The van der Waals surface area contributed by atoms with Gasteiger partial charge in [-0.3, -0.25) is 4.79 Å². The number of Topliss-reactive ketones (excluding diaryl/α,β-unsaturated/α-hetero) is 1. The Kier molecular flexibility index (Phi) is 4.97. The van der Waals surface area contributed by atoms with Gasteiger partial charge in [0, 0.05) is 18.3 Å². The maximum atomic E-state index is 12.2. The normalized spacial score (nSPS) is 10.1. The summed E-state index contributed by atoms with van der Waals surface area (Å²) < 4.78 is 1.76. The van der Waals surface area contributed by atoms with Gasteiger partial charge in [0.05, 0.1) is 25.8 Å². The fourth-order valence-electron chi connectivity index (χ4n) is 1.71. The summed E-state index contributed by atoms with van der Waals surface area (Å²) in [5.41, 5.74) is 2.20. The van der Waals surface area contributed by atoms with Gasteiger partial charge in [0.15, 0.2) is 5.78 Å². The molecule has 2 rings (SSSR count). The first-order chi connectivity index (χ1) is 9.51. The molecule has 0 atom stereocenters. The molecule has 3 nitrogen and oxygen atoms in total. The van der Waals surface area contributed by atoms with Crippen LogP contribution >= 0.6 is 43.2 Å². The summed E-state index contributed by atoms with van der Waals surface area (Å²) in [6.07, 6.45) is 0. The van der Waals surface area contributed by atoms with Gasteiger partial charge in [-0.2, -0.15) is 5.26 Å². The zero-order chi connectivity index (χ0) is 14.7. The number of anilines is 1. The van der Waals surface area contributed by atoms with Crippen molar-refractivity contribution in [3.63, 3.8) is 0 Å². The number of thiophene rings is 1. The summed E-state index contributed by atoms with van der Waals surface area (Å²) in [7, 11) is 1.86. The Hall–Kier alpha value is -1.16. The number of likely N-dealkylation sites (N-methyl/N-ethyl adjacent to an activating group) is 1. The van der Waals surface area contributed by atoms with Crippen LogP contribution in [0.25, 0.3) is 0 Å². The van der Waals surface area contributed by atoms with Gasteiger partial charge < -0.3 is 4.90 Å². The summed E-state index contributed by atoms with van der Waals surface area (Å²) in [5.74, 6) is 0.0469. The molecule has 102 valence electrons. The third kappa shape index (κ3) is 3.48. The van der Waals surface area contributed by atoms with Crippen LogP contribution in [0, 0.1) is 11.3 Å². The summed E-state index contributed by atoms with van der Waals surface area (Å²) in [6.45, 7) is 0.285. The second-order valence-corrected chi connectivity index (χ2v) is 7.93. The minimum atomic E-state index is 0.0469. The molecular weight excluding hydrogens is 404 g/mol. The van der Waals surface area contributed by atoms with E-state index in [1.165, 1.54) is 11.3 Å². The minimum absolute atomic E-state index is 0.0469. The van der Waals surface area contributed by atoms with Gasteiger partial charge in [0.2, 0.25) is 0 Å². The molecular formula is C14H10Br2N2OS. The Balaban J connectivity index is 2.11. The van der Waals surface area contributed by atoms with Gasteiger partial charge in [-0.25, -0.2) is 0 Å². The lowest BCUT2D eigenvalue weighted by Gasteiger charge is -2.18. The number of halogens is 2. The molecule has 0 spiro atoms. The maximum absolute atomic E-state index is 12.2. The highest BCUT2D eigenvalue weighted by Crippen LogP contribution is 2.32. The average Bonchev–Trinajstić information content (AvgIpc) is 2.78. The van der Waals surface area contributed by atoms with Gasteiger partial charge in [0.1, 0.15) is 0 Å². The molecule has 0 fully saturated rings. The van der Waals surface area contributed by atoms with Crippen molar-refractivity contribution in [1.29, 1.82) is 5.26 Å². The number of ketones is 1. The molecule has 0 bridgehead atoms. The van der Waals surface area contributed by atoms with Crippen molar-refractivity contribution in [3.05, 3.63) is 49.0 Å². The van der Waals surface area contributed by atoms with E-state index < -0.39 is 0 Å². The molecule has 0 radical (unpaired) electrons. The van der Waals surface area contributed by atoms with Crippen LogP contribution < -0.4 is 4.90 Å². The van der Waals surface area contributed by atoms with Crippen LogP contribution in [0.5, 0.6) is 0 Å². The predicted octanol–water partition coefficient (Wildman–Crippen LogP) is 4.46. The Bertz CT molecular complexity index is 673. The molecule has 2 aromatic rings. The molecule has 0 saturated heterocycles.